The molecule has 0 bridgehead atoms. The van der Waals surface area contributed by atoms with Crippen LogP contribution in [-0.4, -0.2) is 17.0 Å². The Labute approximate surface area is 100 Å². The molecule has 5 nitrogen and oxygen atoms in total. The summed E-state index contributed by atoms with van der Waals surface area (Å²) in [5.74, 6) is 0.398. The van der Waals surface area contributed by atoms with E-state index in [2.05, 4.69) is 11.4 Å². The second-order valence-corrected chi connectivity index (χ2v) is 4.40. The zero-order chi connectivity index (χ0) is 12.6. The average Bonchev–Trinajstić information content (AvgIpc) is 2.52. The third-order valence-corrected chi connectivity index (χ3v) is 3.47. The first-order valence-electron chi connectivity index (χ1n) is 5.72. The van der Waals surface area contributed by atoms with Crippen LogP contribution in [0.5, 0.6) is 0 Å². The van der Waals surface area contributed by atoms with Crippen LogP contribution < -0.4 is 11.1 Å². The minimum atomic E-state index is -0.274. The van der Waals surface area contributed by atoms with Crippen molar-refractivity contribution >= 4 is 11.7 Å². The molecule has 0 spiro atoms. The highest BCUT2D eigenvalue weighted by Gasteiger charge is 2.28. The molecule has 1 aromatic rings. The molecular weight excluding hydrogens is 216 g/mol. The van der Waals surface area contributed by atoms with E-state index >= 15 is 0 Å². The Balaban J connectivity index is 2.52. The number of piperidine rings is 1. The molecule has 2 heterocycles. The quantitative estimate of drug-likeness (QED) is 0.758. The average molecular weight is 232 g/mol. The topological polar surface area (TPSA) is 83.8 Å². The fourth-order valence-corrected chi connectivity index (χ4v) is 2.40. The molecule has 1 aromatic heterocycles. The number of nitrogens with one attached hydrogen (secondary N) is 1. The van der Waals surface area contributed by atoms with Gasteiger partial charge in [-0.05, 0) is 32.3 Å². The zero-order valence-corrected chi connectivity index (χ0v) is 10.1. The number of anilines is 1. The maximum absolute atomic E-state index is 11.8. The molecule has 1 aliphatic rings. The van der Waals surface area contributed by atoms with Crippen molar-refractivity contribution < 1.29 is 4.79 Å². The van der Waals surface area contributed by atoms with Crippen molar-refractivity contribution in [2.75, 3.05) is 12.3 Å². The number of aromatic nitrogens is 1. The van der Waals surface area contributed by atoms with E-state index in [9.17, 15) is 4.79 Å². The molecule has 1 amide bonds. The fraction of sp³-hybridized carbons (Fsp3) is 0.500. The van der Waals surface area contributed by atoms with Crippen molar-refractivity contribution in [2.24, 2.45) is 0 Å². The van der Waals surface area contributed by atoms with Gasteiger partial charge in [0, 0.05) is 12.2 Å². The lowest BCUT2D eigenvalue weighted by Gasteiger charge is -2.25. The number of hydrogen-bond acceptors (Lipinski definition) is 3. The van der Waals surface area contributed by atoms with E-state index in [-0.39, 0.29) is 11.9 Å². The number of hydrogen-bond donors (Lipinski definition) is 2. The van der Waals surface area contributed by atoms with Gasteiger partial charge in [-0.3, -0.25) is 4.79 Å². The highest BCUT2D eigenvalue weighted by Crippen LogP contribution is 2.30. The number of nitriles is 1. The molecule has 1 saturated heterocycles. The first kappa shape index (κ1) is 11.5. The molecule has 0 radical (unpaired) electrons. The SMILES string of the molecule is Cc1c(C#N)c(N)n(C2CCCNC2=O)c1C. The fourth-order valence-electron chi connectivity index (χ4n) is 2.40. The lowest BCUT2D eigenvalue weighted by Crippen LogP contribution is -2.38. The van der Waals surface area contributed by atoms with E-state index in [1.165, 1.54) is 0 Å². The van der Waals surface area contributed by atoms with Crippen LogP contribution in [0.1, 0.15) is 35.7 Å². The molecule has 1 aliphatic heterocycles. The minimum absolute atomic E-state index is 0.00876. The Bertz CT molecular complexity index is 510. The molecule has 1 fully saturated rings. The van der Waals surface area contributed by atoms with E-state index in [1.54, 1.807) is 4.57 Å². The zero-order valence-electron chi connectivity index (χ0n) is 10.1. The molecule has 3 N–H and O–H groups in total. The van der Waals surface area contributed by atoms with Crippen LogP contribution in [0.25, 0.3) is 0 Å². The van der Waals surface area contributed by atoms with Gasteiger partial charge in [-0.2, -0.15) is 5.26 Å². The molecule has 1 atom stereocenters. The van der Waals surface area contributed by atoms with Gasteiger partial charge >= 0.3 is 0 Å². The highest BCUT2D eigenvalue weighted by atomic mass is 16.2. The normalized spacial score (nSPS) is 19.8. The highest BCUT2D eigenvalue weighted by molar-refractivity contribution is 5.82. The third kappa shape index (κ3) is 1.66. The van der Waals surface area contributed by atoms with Gasteiger partial charge in [0.05, 0.1) is 5.56 Å². The van der Waals surface area contributed by atoms with Crippen molar-refractivity contribution in [3.8, 4) is 6.07 Å². The Morgan fingerprint density at radius 2 is 2.24 bits per heavy atom. The first-order chi connectivity index (χ1) is 8.07. The van der Waals surface area contributed by atoms with Gasteiger partial charge in [-0.1, -0.05) is 0 Å². The summed E-state index contributed by atoms with van der Waals surface area (Å²) in [4.78, 5) is 11.8. The van der Waals surface area contributed by atoms with Gasteiger partial charge in [-0.15, -0.1) is 0 Å². The Morgan fingerprint density at radius 3 is 2.76 bits per heavy atom. The van der Waals surface area contributed by atoms with E-state index in [1.807, 2.05) is 13.8 Å². The van der Waals surface area contributed by atoms with Crippen LogP contribution in [0.4, 0.5) is 5.82 Å². The largest absolute Gasteiger partial charge is 0.384 e. The predicted octanol–water partition coefficient (Wildman–Crippen LogP) is 1.01. The first-order valence-corrected chi connectivity index (χ1v) is 5.72. The molecule has 0 aromatic carbocycles. The second-order valence-electron chi connectivity index (χ2n) is 4.40. The molecular formula is C12H16N4O. The molecule has 1 unspecified atom stereocenters. The van der Waals surface area contributed by atoms with Crippen LogP contribution in [0, 0.1) is 25.2 Å². The monoisotopic (exact) mass is 232 g/mol. The molecule has 0 aliphatic carbocycles. The van der Waals surface area contributed by atoms with Crippen molar-refractivity contribution in [3.63, 3.8) is 0 Å². The maximum Gasteiger partial charge on any atom is 0.243 e. The van der Waals surface area contributed by atoms with E-state index < -0.39 is 0 Å². The van der Waals surface area contributed by atoms with Crippen LogP contribution in [0.2, 0.25) is 0 Å². The Hall–Kier alpha value is -1.96. The summed E-state index contributed by atoms with van der Waals surface area (Å²) < 4.78 is 1.79. The van der Waals surface area contributed by atoms with Gasteiger partial charge < -0.3 is 15.6 Å². The lowest BCUT2D eigenvalue weighted by molar-refractivity contribution is -0.125. The van der Waals surface area contributed by atoms with E-state index in [4.69, 9.17) is 11.0 Å². The summed E-state index contributed by atoms with van der Waals surface area (Å²) >= 11 is 0. The van der Waals surface area contributed by atoms with Gasteiger partial charge in [0.1, 0.15) is 17.9 Å². The Morgan fingerprint density at radius 1 is 1.53 bits per heavy atom. The summed E-state index contributed by atoms with van der Waals surface area (Å²) in [5.41, 5.74) is 8.22. The van der Waals surface area contributed by atoms with Gasteiger partial charge in [0.25, 0.3) is 0 Å². The summed E-state index contributed by atoms with van der Waals surface area (Å²) in [6, 6.07) is 1.83. The molecule has 17 heavy (non-hydrogen) atoms. The van der Waals surface area contributed by atoms with Crippen molar-refractivity contribution in [1.82, 2.24) is 9.88 Å². The molecule has 5 heteroatoms. The number of carbonyl (C=O) groups excluding carboxylic acids is 1. The van der Waals surface area contributed by atoms with Crippen molar-refractivity contribution in [2.45, 2.75) is 32.7 Å². The Kier molecular flexibility index (Phi) is 2.80. The second kappa shape index (κ2) is 4.13. The van der Waals surface area contributed by atoms with Crippen LogP contribution in [0.15, 0.2) is 0 Å². The number of rotatable bonds is 1. The van der Waals surface area contributed by atoms with Crippen LogP contribution in [0.3, 0.4) is 0 Å². The molecule has 2 rings (SSSR count). The van der Waals surface area contributed by atoms with Crippen LogP contribution >= 0.6 is 0 Å². The number of amides is 1. The number of carbonyl (C=O) groups is 1. The van der Waals surface area contributed by atoms with Gasteiger partial charge in [-0.25, -0.2) is 0 Å². The van der Waals surface area contributed by atoms with Crippen molar-refractivity contribution in [3.05, 3.63) is 16.8 Å². The summed E-state index contributed by atoms with van der Waals surface area (Å²) in [6.07, 6.45) is 1.71. The van der Waals surface area contributed by atoms with Gasteiger partial charge in [0.2, 0.25) is 5.91 Å². The standard InChI is InChI=1S/C12H16N4O/c1-7-8(2)16(11(14)9(7)6-13)10-4-3-5-15-12(10)17/h10H,3-5,14H2,1-2H3,(H,15,17). The number of nitrogen functional groups attached to an aromatic ring is 1. The van der Waals surface area contributed by atoms with E-state index in [0.717, 1.165) is 30.6 Å². The molecule has 0 saturated carbocycles. The third-order valence-electron chi connectivity index (χ3n) is 3.47. The van der Waals surface area contributed by atoms with Gasteiger partial charge in [0.15, 0.2) is 0 Å². The van der Waals surface area contributed by atoms with E-state index in [0.29, 0.717) is 11.4 Å². The smallest absolute Gasteiger partial charge is 0.243 e. The summed E-state index contributed by atoms with van der Waals surface area (Å²) in [7, 11) is 0. The number of nitrogens with zero attached hydrogens (tertiary/aromatic N) is 2. The summed E-state index contributed by atoms with van der Waals surface area (Å²) in [6.45, 7) is 4.48. The minimum Gasteiger partial charge on any atom is -0.384 e. The van der Waals surface area contributed by atoms with Crippen LogP contribution in [-0.2, 0) is 4.79 Å². The number of nitrogens with two attached hydrogens (primary N) is 1. The summed E-state index contributed by atoms with van der Waals surface area (Å²) in [5, 5.41) is 11.9. The predicted molar refractivity (Wildman–Crippen MR) is 64.3 cm³/mol. The maximum atomic E-state index is 11.8. The van der Waals surface area contributed by atoms with Crippen molar-refractivity contribution in [1.29, 1.82) is 5.26 Å². The lowest BCUT2D eigenvalue weighted by atomic mass is 10.1. The molecule has 90 valence electrons.